The zero-order valence-corrected chi connectivity index (χ0v) is 17.6. The molecule has 31 heavy (non-hydrogen) atoms. The van der Waals surface area contributed by atoms with Gasteiger partial charge in [0.05, 0.1) is 0 Å². The third kappa shape index (κ3) is 5.12. The molecule has 0 saturated carbocycles. The van der Waals surface area contributed by atoms with Crippen LogP contribution in [-0.2, 0) is 9.59 Å². The minimum absolute atomic E-state index is 0.0436. The van der Waals surface area contributed by atoms with Gasteiger partial charge >= 0.3 is 0 Å². The normalized spacial score (nSPS) is 13.7. The number of piperazine rings is 1. The van der Waals surface area contributed by atoms with Crippen molar-refractivity contribution >= 4 is 28.9 Å². The fourth-order valence-corrected chi connectivity index (χ4v) is 3.93. The number of anilines is 3. The van der Waals surface area contributed by atoms with Crippen LogP contribution < -0.4 is 9.80 Å². The molecule has 1 heterocycles. The smallest absolute Gasteiger partial charge is 0.232 e. The number of benzene rings is 3. The molecule has 5 nitrogen and oxygen atoms in total. The van der Waals surface area contributed by atoms with Crippen molar-refractivity contribution < 1.29 is 9.59 Å². The molecule has 1 fully saturated rings. The molecule has 0 aliphatic carbocycles. The fraction of sp³-hybridized carbons (Fsp3) is 0.231. The number of carbonyl (C=O) groups excluding carboxylic acids is 2. The maximum Gasteiger partial charge on any atom is 0.232 e. The summed E-state index contributed by atoms with van der Waals surface area (Å²) in [5.74, 6) is -0.0317. The predicted molar refractivity (Wildman–Crippen MR) is 124 cm³/mol. The van der Waals surface area contributed by atoms with Crippen LogP contribution in [0.25, 0.3) is 0 Å². The Hall–Kier alpha value is -3.60. The minimum atomic E-state index is -0.0753. The molecule has 0 bridgehead atoms. The van der Waals surface area contributed by atoms with E-state index in [-0.39, 0.29) is 24.7 Å². The van der Waals surface area contributed by atoms with Gasteiger partial charge in [-0.25, -0.2) is 0 Å². The van der Waals surface area contributed by atoms with Gasteiger partial charge in [-0.2, -0.15) is 0 Å². The van der Waals surface area contributed by atoms with Crippen LogP contribution in [0.2, 0.25) is 0 Å². The van der Waals surface area contributed by atoms with E-state index in [2.05, 4.69) is 17.0 Å². The Labute approximate surface area is 183 Å². The third-order valence-electron chi connectivity index (χ3n) is 5.58. The molecule has 2 amide bonds. The van der Waals surface area contributed by atoms with E-state index in [4.69, 9.17) is 0 Å². The van der Waals surface area contributed by atoms with Gasteiger partial charge in [0.15, 0.2) is 0 Å². The highest BCUT2D eigenvalue weighted by atomic mass is 16.2. The van der Waals surface area contributed by atoms with Gasteiger partial charge in [0, 0.05) is 56.1 Å². The lowest BCUT2D eigenvalue weighted by atomic mass is 10.1. The minimum Gasteiger partial charge on any atom is -0.368 e. The number of para-hydroxylation sites is 3. The van der Waals surface area contributed by atoms with Crippen LogP contribution in [0.3, 0.4) is 0 Å². The fourth-order valence-electron chi connectivity index (χ4n) is 3.93. The van der Waals surface area contributed by atoms with Crippen molar-refractivity contribution in [2.45, 2.75) is 12.8 Å². The highest BCUT2D eigenvalue weighted by molar-refractivity contribution is 6.01. The summed E-state index contributed by atoms with van der Waals surface area (Å²) in [6, 6.07) is 29.4. The van der Waals surface area contributed by atoms with Gasteiger partial charge in [-0.15, -0.1) is 0 Å². The van der Waals surface area contributed by atoms with E-state index >= 15 is 0 Å². The zero-order chi connectivity index (χ0) is 21.5. The Kier molecular flexibility index (Phi) is 6.62. The van der Waals surface area contributed by atoms with Gasteiger partial charge in [-0.05, 0) is 36.4 Å². The summed E-state index contributed by atoms with van der Waals surface area (Å²) in [6.07, 6.45) is 0.405. The highest BCUT2D eigenvalue weighted by Gasteiger charge is 2.23. The summed E-state index contributed by atoms with van der Waals surface area (Å²) in [4.78, 5) is 31.8. The van der Waals surface area contributed by atoms with E-state index in [0.717, 1.165) is 24.5 Å². The standard InChI is InChI=1S/C26H27N3O2/c30-25(28-20-18-27(19-21-28)22-10-4-1-5-11-22)16-17-26(31)29(23-12-6-2-7-13-23)24-14-8-3-9-15-24/h1-15H,16-21H2. The molecule has 4 rings (SSSR count). The monoisotopic (exact) mass is 413 g/mol. The van der Waals surface area contributed by atoms with Gasteiger partial charge in [0.25, 0.3) is 0 Å². The van der Waals surface area contributed by atoms with Gasteiger partial charge in [0.1, 0.15) is 0 Å². The van der Waals surface area contributed by atoms with Crippen LogP contribution in [-0.4, -0.2) is 42.9 Å². The number of hydrogen-bond acceptors (Lipinski definition) is 3. The van der Waals surface area contributed by atoms with Crippen molar-refractivity contribution in [3.8, 4) is 0 Å². The van der Waals surface area contributed by atoms with Crippen molar-refractivity contribution in [2.75, 3.05) is 36.0 Å². The molecule has 5 heteroatoms. The lowest BCUT2D eigenvalue weighted by Gasteiger charge is -2.36. The van der Waals surface area contributed by atoms with Crippen molar-refractivity contribution in [2.24, 2.45) is 0 Å². The SMILES string of the molecule is O=C(CCC(=O)N(c1ccccc1)c1ccccc1)N1CCN(c2ccccc2)CC1. The quantitative estimate of drug-likeness (QED) is 0.598. The first-order valence-electron chi connectivity index (χ1n) is 10.7. The van der Waals surface area contributed by atoms with Gasteiger partial charge in [0.2, 0.25) is 11.8 Å². The van der Waals surface area contributed by atoms with Crippen molar-refractivity contribution in [3.63, 3.8) is 0 Å². The summed E-state index contributed by atoms with van der Waals surface area (Å²) >= 11 is 0. The maximum atomic E-state index is 13.1. The van der Waals surface area contributed by atoms with Crippen molar-refractivity contribution in [1.29, 1.82) is 0 Å². The van der Waals surface area contributed by atoms with Gasteiger partial charge < -0.3 is 9.80 Å². The van der Waals surface area contributed by atoms with Gasteiger partial charge in [-0.3, -0.25) is 14.5 Å². The second-order valence-corrected chi connectivity index (χ2v) is 7.60. The number of nitrogens with zero attached hydrogens (tertiary/aromatic N) is 3. The molecule has 0 radical (unpaired) electrons. The van der Waals surface area contributed by atoms with Crippen LogP contribution in [0.5, 0.6) is 0 Å². The van der Waals surface area contributed by atoms with E-state index < -0.39 is 0 Å². The molecule has 3 aromatic carbocycles. The summed E-state index contributed by atoms with van der Waals surface area (Å²) in [6.45, 7) is 2.99. The Balaban J connectivity index is 1.35. The van der Waals surface area contributed by atoms with Crippen LogP contribution in [0.1, 0.15) is 12.8 Å². The summed E-state index contributed by atoms with van der Waals surface area (Å²) in [5.41, 5.74) is 2.80. The topological polar surface area (TPSA) is 43.9 Å². The molecular formula is C26H27N3O2. The van der Waals surface area contributed by atoms with Crippen LogP contribution >= 0.6 is 0 Å². The Morgan fingerprint density at radius 3 is 1.65 bits per heavy atom. The molecule has 0 aromatic heterocycles. The third-order valence-corrected chi connectivity index (χ3v) is 5.58. The van der Waals surface area contributed by atoms with Gasteiger partial charge in [-0.1, -0.05) is 54.6 Å². The second kappa shape index (κ2) is 9.94. The summed E-state index contributed by atoms with van der Waals surface area (Å²) < 4.78 is 0. The Morgan fingerprint density at radius 2 is 1.13 bits per heavy atom. The largest absolute Gasteiger partial charge is 0.368 e. The molecule has 0 atom stereocenters. The Morgan fingerprint density at radius 1 is 0.645 bits per heavy atom. The first-order valence-corrected chi connectivity index (χ1v) is 10.7. The molecule has 0 N–H and O–H groups in total. The zero-order valence-electron chi connectivity index (χ0n) is 17.6. The maximum absolute atomic E-state index is 13.1. The highest BCUT2D eigenvalue weighted by Crippen LogP contribution is 2.26. The van der Waals surface area contributed by atoms with Crippen LogP contribution in [0.15, 0.2) is 91.0 Å². The lowest BCUT2D eigenvalue weighted by molar-refractivity contribution is -0.133. The first kappa shape index (κ1) is 20.7. The van der Waals surface area contributed by atoms with E-state index in [1.165, 1.54) is 5.69 Å². The molecule has 158 valence electrons. The average Bonchev–Trinajstić information content (AvgIpc) is 2.85. The van der Waals surface area contributed by atoms with E-state index in [1.807, 2.05) is 83.8 Å². The molecule has 3 aromatic rings. The molecule has 1 aliphatic heterocycles. The number of amides is 2. The number of hydrogen-bond donors (Lipinski definition) is 0. The predicted octanol–water partition coefficient (Wildman–Crippen LogP) is 4.48. The summed E-state index contributed by atoms with van der Waals surface area (Å²) in [5, 5.41) is 0. The van der Waals surface area contributed by atoms with E-state index in [9.17, 15) is 9.59 Å². The van der Waals surface area contributed by atoms with Crippen LogP contribution in [0, 0.1) is 0 Å². The van der Waals surface area contributed by atoms with Crippen molar-refractivity contribution in [3.05, 3.63) is 91.0 Å². The number of rotatable bonds is 6. The average molecular weight is 414 g/mol. The molecule has 0 spiro atoms. The van der Waals surface area contributed by atoms with E-state index in [0.29, 0.717) is 13.1 Å². The summed E-state index contributed by atoms with van der Waals surface area (Å²) in [7, 11) is 0. The molecule has 1 aliphatic rings. The molecule has 0 unspecified atom stereocenters. The molecular weight excluding hydrogens is 386 g/mol. The first-order chi connectivity index (χ1) is 15.2. The second-order valence-electron chi connectivity index (χ2n) is 7.60. The lowest BCUT2D eigenvalue weighted by Crippen LogP contribution is -2.49. The van der Waals surface area contributed by atoms with E-state index in [1.54, 1.807) is 4.90 Å². The van der Waals surface area contributed by atoms with Crippen LogP contribution in [0.4, 0.5) is 17.1 Å². The number of carbonyl (C=O) groups is 2. The Bertz CT molecular complexity index is 945. The van der Waals surface area contributed by atoms with Crippen molar-refractivity contribution in [1.82, 2.24) is 4.90 Å². The molecule has 1 saturated heterocycles.